The summed E-state index contributed by atoms with van der Waals surface area (Å²) < 4.78 is 50.0. The summed E-state index contributed by atoms with van der Waals surface area (Å²) in [5, 5.41) is 1.08. The van der Waals surface area contributed by atoms with E-state index in [9.17, 15) is 17.2 Å². The van der Waals surface area contributed by atoms with Crippen molar-refractivity contribution in [2.24, 2.45) is 0 Å². The number of nitrogen functional groups attached to an aromatic ring is 1. The summed E-state index contributed by atoms with van der Waals surface area (Å²) in [5.41, 5.74) is 6.12. The van der Waals surface area contributed by atoms with Crippen LogP contribution in [0.25, 0.3) is 10.8 Å². The maximum Gasteiger partial charge on any atom is 0.251 e. The first-order valence-corrected chi connectivity index (χ1v) is 6.94. The van der Waals surface area contributed by atoms with Crippen LogP contribution in [0.15, 0.2) is 41.3 Å². The van der Waals surface area contributed by atoms with E-state index in [4.69, 9.17) is 5.73 Å². The van der Waals surface area contributed by atoms with Crippen molar-refractivity contribution >= 4 is 26.5 Å². The minimum absolute atomic E-state index is 0.0364. The summed E-state index contributed by atoms with van der Waals surface area (Å²) >= 11 is 0. The average molecular weight is 286 g/mol. The number of alkyl halides is 2. The highest BCUT2D eigenvalue weighted by molar-refractivity contribution is 7.89. The van der Waals surface area contributed by atoms with Gasteiger partial charge >= 0.3 is 0 Å². The minimum Gasteiger partial charge on any atom is -0.399 e. The van der Waals surface area contributed by atoms with E-state index in [1.165, 1.54) is 6.07 Å². The topological polar surface area (TPSA) is 72.2 Å². The second-order valence-electron chi connectivity index (χ2n) is 3.98. The van der Waals surface area contributed by atoms with Gasteiger partial charge in [-0.05, 0) is 23.6 Å². The predicted molar refractivity (Wildman–Crippen MR) is 69.6 cm³/mol. The van der Waals surface area contributed by atoms with Crippen LogP contribution in [0.2, 0.25) is 0 Å². The smallest absolute Gasteiger partial charge is 0.251 e. The Morgan fingerprint density at radius 1 is 1.21 bits per heavy atom. The number of rotatable bonds is 4. The van der Waals surface area contributed by atoms with Crippen LogP contribution in [0.5, 0.6) is 0 Å². The van der Waals surface area contributed by atoms with E-state index in [0.29, 0.717) is 16.5 Å². The fourth-order valence-corrected chi connectivity index (χ4v) is 2.99. The molecule has 0 aliphatic heterocycles. The second kappa shape index (κ2) is 5.10. The number of benzene rings is 2. The summed E-state index contributed by atoms with van der Waals surface area (Å²) in [7, 11) is -3.97. The highest BCUT2D eigenvalue weighted by Gasteiger charge is 2.18. The van der Waals surface area contributed by atoms with Gasteiger partial charge in [-0.1, -0.05) is 18.2 Å². The van der Waals surface area contributed by atoms with Crippen molar-refractivity contribution in [3.05, 3.63) is 36.4 Å². The molecule has 0 spiro atoms. The van der Waals surface area contributed by atoms with E-state index in [1.807, 2.05) is 4.72 Å². The standard InChI is InChI=1S/C12H12F2N2O2S/c13-12(14)7-16-19(17,18)11-3-1-2-8-6-9(15)4-5-10(8)11/h1-6,12,16H,7,15H2. The number of sulfonamides is 1. The van der Waals surface area contributed by atoms with Crippen molar-refractivity contribution in [1.29, 1.82) is 0 Å². The number of hydrogen-bond donors (Lipinski definition) is 2. The summed E-state index contributed by atoms with van der Waals surface area (Å²) in [4.78, 5) is -0.0364. The van der Waals surface area contributed by atoms with Gasteiger partial charge in [-0.15, -0.1) is 0 Å². The van der Waals surface area contributed by atoms with Gasteiger partial charge in [0, 0.05) is 11.1 Å². The Hall–Kier alpha value is -1.73. The molecule has 19 heavy (non-hydrogen) atoms. The molecule has 2 aromatic carbocycles. The number of nitrogens with two attached hydrogens (primary N) is 1. The Labute approximate surface area is 109 Å². The van der Waals surface area contributed by atoms with E-state index in [0.717, 1.165) is 0 Å². The second-order valence-corrected chi connectivity index (χ2v) is 5.72. The van der Waals surface area contributed by atoms with Gasteiger partial charge in [0.05, 0.1) is 11.4 Å². The zero-order valence-corrected chi connectivity index (χ0v) is 10.6. The van der Waals surface area contributed by atoms with Crippen LogP contribution in [-0.4, -0.2) is 21.4 Å². The maximum absolute atomic E-state index is 12.1. The summed E-state index contributed by atoms with van der Waals surface area (Å²) in [6, 6.07) is 9.36. The Morgan fingerprint density at radius 2 is 1.95 bits per heavy atom. The molecule has 7 heteroatoms. The van der Waals surface area contributed by atoms with Gasteiger partial charge in [-0.25, -0.2) is 21.9 Å². The molecule has 0 saturated carbocycles. The van der Waals surface area contributed by atoms with Crippen molar-refractivity contribution in [1.82, 2.24) is 4.72 Å². The van der Waals surface area contributed by atoms with E-state index in [1.54, 1.807) is 30.3 Å². The van der Waals surface area contributed by atoms with E-state index in [-0.39, 0.29) is 4.90 Å². The molecule has 102 valence electrons. The van der Waals surface area contributed by atoms with Gasteiger partial charge < -0.3 is 5.73 Å². The molecule has 0 amide bonds. The molecule has 0 saturated heterocycles. The molecule has 0 heterocycles. The monoisotopic (exact) mass is 286 g/mol. The van der Waals surface area contributed by atoms with Crippen LogP contribution in [-0.2, 0) is 10.0 Å². The molecule has 3 N–H and O–H groups in total. The molecular weight excluding hydrogens is 274 g/mol. The Morgan fingerprint density at radius 3 is 2.63 bits per heavy atom. The number of halogens is 2. The fourth-order valence-electron chi connectivity index (χ4n) is 1.76. The number of fused-ring (bicyclic) bond motifs is 1. The highest BCUT2D eigenvalue weighted by atomic mass is 32.2. The van der Waals surface area contributed by atoms with Crippen LogP contribution in [0.4, 0.5) is 14.5 Å². The lowest BCUT2D eigenvalue weighted by Gasteiger charge is -2.09. The molecule has 0 aliphatic rings. The maximum atomic E-state index is 12.1. The quantitative estimate of drug-likeness (QED) is 0.844. The highest BCUT2D eigenvalue weighted by Crippen LogP contribution is 2.24. The third kappa shape index (κ3) is 2.99. The molecule has 0 radical (unpaired) electrons. The molecule has 2 aromatic rings. The predicted octanol–water partition coefficient (Wildman–Crippen LogP) is 1.97. The van der Waals surface area contributed by atoms with Crippen LogP contribution in [0.3, 0.4) is 0 Å². The van der Waals surface area contributed by atoms with Crippen molar-refractivity contribution in [3.8, 4) is 0 Å². The first-order chi connectivity index (χ1) is 8.90. The summed E-state index contributed by atoms with van der Waals surface area (Å²) in [6.45, 7) is -0.909. The van der Waals surface area contributed by atoms with Gasteiger partial charge in [0.25, 0.3) is 6.43 Å². The van der Waals surface area contributed by atoms with Crippen LogP contribution in [0, 0.1) is 0 Å². The Kier molecular flexibility index (Phi) is 3.68. The van der Waals surface area contributed by atoms with E-state index >= 15 is 0 Å². The lowest BCUT2D eigenvalue weighted by atomic mass is 10.1. The zero-order valence-electron chi connectivity index (χ0n) is 9.81. The van der Waals surface area contributed by atoms with Crippen LogP contribution in [0.1, 0.15) is 0 Å². The summed E-state index contributed by atoms with van der Waals surface area (Å²) in [6.07, 6.45) is -2.74. The van der Waals surface area contributed by atoms with Crippen LogP contribution < -0.4 is 10.5 Å². The van der Waals surface area contributed by atoms with Gasteiger partial charge in [-0.2, -0.15) is 0 Å². The van der Waals surface area contributed by atoms with Crippen molar-refractivity contribution in [3.63, 3.8) is 0 Å². The van der Waals surface area contributed by atoms with Crippen molar-refractivity contribution in [2.45, 2.75) is 11.3 Å². The van der Waals surface area contributed by atoms with Crippen LogP contribution >= 0.6 is 0 Å². The van der Waals surface area contributed by atoms with Crippen molar-refractivity contribution in [2.75, 3.05) is 12.3 Å². The molecule has 0 unspecified atom stereocenters. The first kappa shape index (κ1) is 13.7. The average Bonchev–Trinajstić information content (AvgIpc) is 2.35. The van der Waals surface area contributed by atoms with E-state index in [2.05, 4.69) is 0 Å². The molecule has 0 aromatic heterocycles. The fraction of sp³-hybridized carbons (Fsp3) is 0.167. The SMILES string of the molecule is Nc1ccc2c(S(=O)(=O)NCC(F)F)cccc2c1. The molecule has 4 nitrogen and oxygen atoms in total. The Balaban J connectivity index is 2.50. The van der Waals surface area contributed by atoms with Gasteiger partial charge in [-0.3, -0.25) is 0 Å². The lowest BCUT2D eigenvalue weighted by molar-refractivity contribution is 0.153. The third-order valence-electron chi connectivity index (χ3n) is 2.58. The van der Waals surface area contributed by atoms with E-state index < -0.39 is 23.0 Å². The molecule has 0 fully saturated rings. The minimum atomic E-state index is -3.97. The molecule has 0 aliphatic carbocycles. The normalized spacial score (nSPS) is 12.2. The molecule has 2 rings (SSSR count). The lowest BCUT2D eigenvalue weighted by Crippen LogP contribution is -2.28. The molecular formula is C12H12F2N2O2S. The van der Waals surface area contributed by atoms with Gasteiger partial charge in [0.2, 0.25) is 10.0 Å². The third-order valence-corrected chi connectivity index (χ3v) is 4.06. The number of anilines is 1. The number of nitrogens with one attached hydrogen (secondary N) is 1. The molecule has 0 atom stereocenters. The molecule has 0 bridgehead atoms. The zero-order chi connectivity index (χ0) is 14.0. The summed E-state index contributed by atoms with van der Waals surface area (Å²) in [5.74, 6) is 0. The van der Waals surface area contributed by atoms with Crippen molar-refractivity contribution < 1.29 is 17.2 Å². The Bertz CT molecular complexity index is 702. The largest absolute Gasteiger partial charge is 0.399 e. The van der Waals surface area contributed by atoms with Gasteiger partial charge in [0.1, 0.15) is 0 Å². The van der Waals surface area contributed by atoms with Gasteiger partial charge in [0.15, 0.2) is 0 Å². The number of hydrogen-bond acceptors (Lipinski definition) is 3. The first-order valence-electron chi connectivity index (χ1n) is 5.46.